The third-order valence-electron chi connectivity index (χ3n) is 7.08. The monoisotopic (exact) mass is 568 g/mol. The Labute approximate surface area is 224 Å². The molecule has 2 aromatic rings. The van der Waals surface area contributed by atoms with Crippen LogP contribution in [0.1, 0.15) is 33.6 Å². The van der Waals surface area contributed by atoms with Gasteiger partial charge in [0.05, 0.1) is 30.3 Å². The van der Waals surface area contributed by atoms with E-state index in [4.69, 9.17) is 14.0 Å². The predicted octanol–water partition coefficient (Wildman–Crippen LogP) is 3.73. The van der Waals surface area contributed by atoms with Gasteiger partial charge in [0.25, 0.3) is 0 Å². The van der Waals surface area contributed by atoms with Crippen LogP contribution >= 0.6 is 0 Å². The summed E-state index contributed by atoms with van der Waals surface area (Å²) in [5.74, 6) is -1.27. The fourth-order valence-corrected chi connectivity index (χ4v) is 7.71. The smallest absolute Gasteiger partial charge is 0.416 e. The molecule has 1 aromatic carbocycles. The van der Waals surface area contributed by atoms with Crippen LogP contribution in [0.15, 0.2) is 29.0 Å². The highest BCUT2D eigenvalue weighted by Gasteiger charge is 2.50. The van der Waals surface area contributed by atoms with Gasteiger partial charge in [-0.15, -0.1) is 0 Å². The van der Waals surface area contributed by atoms with Crippen molar-refractivity contribution in [3.05, 3.63) is 36.1 Å². The van der Waals surface area contributed by atoms with Crippen molar-refractivity contribution in [1.82, 2.24) is 5.16 Å². The zero-order valence-corrected chi connectivity index (χ0v) is 22.7. The lowest BCUT2D eigenvalue weighted by atomic mass is 9.81. The van der Waals surface area contributed by atoms with Crippen molar-refractivity contribution < 1.29 is 40.8 Å². The van der Waals surface area contributed by atoms with Crippen molar-refractivity contribution >= 4 is 39.2 Å². The third-order valence-corrected chi connectivity index (χ3v) is 9.19. The summed E-state index contributed by atoms with van der Waals surface area (Å²) in [5.41, 5.74) is -1.32. The maximum Gasteiger partial charge on any atom is 0.416 e. The summed E-state index contributed by atoms with van der Waals surface area (Å²) in [7, 11) is -3.00. The summed E-state index contributed by atoms with van der Waals surface area (Å²) >= 11 is 0. The van der Waals surface area contributed by atoms with Crippen LogP contribution in [0, 0.1) is 17.0 Å². The van der Waals surface area contributed by atoms with Gasteiger partial charge in [-0.2, -0.15) is 0 Å². The number of sulfone groups is 1. The Bertz CT molecular complexity index is 1330. The number of hydrogen-bond donors (Lipinski definition) is 0. The Kier molecular flexibility index (Phi) is 6.72. The molecule has 3 saturated heterocycles. The predicted molar refractivity (Wildman–Crippen MR) is 137 cm³/mol. The van der Waals surface area contributed by atoms with Gasteiger partial charge in [-0.25, -0.2) is 26.8 Å². The van der Waals surface area contributed by atoms with E-state index in [1.807, 2.05) is 0 Å². The number of amides is 2. The van der Waals surface area contributed by atoms with E-state index >= 15 is 8.78 Å². The van der Waals surface area contributed by atoms with Crippen LogP contribution in [0.3, 0.4) is 0 Å². The molecular weight excluding hydrogens is 538 g/mol. The summed E-state index contributed by atoms with van der Waals surface area (Å²) in [6, 6.07) is 3.60. The molecule has 1 atom stereocenters. The molecule has 0 saturated carbocycles. The van der Waals surface area contributed by atoms with Crippen molar-refractivity contribution in [2.24, 2.45) is 5.41 Å². The highest BCUT2D eigenvalue weighted by molar-refractivity contribution is 7.92. The van der Waals surface area contributed by atoms with Crippen LogP contribution in [-0.2, 0) is 19.3 Å². The molecule has 3 aliphatic heterocycles. The molecule has 39 heavy (non-hydrogen) atoms. The van der Waals surface area contributed by atoms with Gasteiger partial charge in [-0.3, -0.25) is 9.80 Å². The van der Waals surface area contributed by atoms with Crippen molar-refractivity contribution in [2.45, 2.75) is 45.3 Å². The van der Waals surface area contributed by atoms with Crippen LogP contribution in [0.4, 0.5) is 35.6 Å². The number of aromatic nitrogens is 1. The quantitative estimate of drug-likeness (QED) is 0.531. The van der Waals surface area contributed by atoms with Crippen molar-refractivity contribution in [3.8, 4) is 0 Å². The number of halogens is 2. The lowest BCUT2D eigenvalue weighted by Crippen LogP contribution is -2.54. The zero-order chi connectivity index (χ0) is 28.2. The Morgan fingerprint density at radius 2 is 1.85 bits per heavy atom. The normalized spacial score (nSPS) is 22.0. The fourth-order valence-electron chi connectivity index (χ4n) is 5.35. The van der Waals surface area contributed by atoms with Gasteiger partial charge in [0.1, 0.15) is 23.7 Å². The largest absolute Gasteiger partial charge is 0.443 e. The van der Waals surface area contributed by atoms with Crippen LogP contribution in [0.5, 0.6) is 0 Å². The second-order valence-corrected chi connectivity index (χ2v) is 13.4. The maximum absolute atomic E-state index is 15.2. The van der Waals surface area contributed by atoms with Crippen molar-refractivity contribution in [3.63, 3.8) is 0 Å². The summed E-state index contributed by atoms with van der Waals surface area (Å²) in [6.07, 6.45) is -0.0378. The van der Waals surface area contributed by atoms with E-state index in [1.165, 1.54) is 12.3 Å². The first-order valence-corrected chi connectivity index (χ1v) is 14.4. The first-order valence-electron chi connectivity index (χ1n) is 12.6. The molecule has 0 radical (unpaired) electrons. The van der Waals surface area contributed by atoms with Gasteiger partial charge >= 0.3 is 12.2 Å². The summed E-state index contributed by atoms with van der Waals surface area (Å²) in [5, 5.41) is 3.77. The van der Waals surface area contributed by atoms with E-state index in [-0.39, 0.29) is 47.2 Å². The highest BCUT2D eigenvalue weighted by Crippen LogP contribution is 2.44. The van der Waals surface area contributed by atoms with E-state index in [9.17, 15) is 18.0 Å². The van der Waals surface area contributed by atoms with E-state index in [1.54, 1.807) is 25.7 Å². The molecule has 1 aromatic heterocycles. The van der Waals surface area contributed by atoms with Crippen LogP contribution < -0.4 is 14.7 Å². The molecule has 14 heteroatoms. The zero-order valence-electron chi connectivity index (χ0n) is 21.9. The molecular formula is C25H30F2N4O7S. The Morgan fingerprint density at radius 3 is 2.38 bits per heavy atom. The number of benzene rings is 1. The average molecular weight is 569 g/mol. The number of hydrogen-bond acceptors (Lipinski definition) is 9. The number of ether oxygens (including phenoxy) is 2. The average Bonchev–Trinajstić information content (AvgIpc) is 3.45. The number of rotatable bonds is 5. The topological polar surface area (TPSA) is 122 Å². The number of nitrogens with zero attached hydrogens (tertiary/aromatic N) is 4. The van der Waals surface area contributed by atoms with E-state index in [2.05, 4.69) is 5.16 Å². The molecule has 0 unspecified atom stereocenters. The Morgan fingerprint density at radius 1 is 1.21 bits per heavy atom. The summed E-state index contributed by atoms with van der Waals surface area (Å²) in [4.78, 5) is 29.3. The Balaban J connectivity index is 1.28. The van der Waals surface area contributed by atoms with Gasteiger partial charge in [0.2, 0.25) is 0 Å². The van der Waals surface area contributed by atoms with Gasteiger partial charge < -0.3 is 18.9 Å². The first-order chi connectivity index (χ1) is 18.2. The minimum atomic E-state index is -3.00. The summed E-state index contributed by atoms with van der Waals surface area (Å²) < 4.78 is 69.3. The standard InChI is InChI=1S/C25H30F2N4O7S/c1-24(2,3)38-23(33)31(20-4-9-36-28-20)13-17-12-30(22(32)37-17)16-10-18(26)21(19(27)11-16)29-7-5-25(6-8-29)14-39(34,35)15-25/h4,9-11,17H,5-8,12-15H2,1-3H3/t17-/m1/s1. The number of carbonyl (C=O) groups is 2. The molecule has 5 rings (SSSR count). The van der Waals surface area contributed by atoms with Crippen molar-refractivity contribution in [2.75, 3.05) is 52.4 Å². The third kappa shape index (κ3) is 5.65. The van der Waals surface area contributed by atoms with Crippen LogP contribution in [0.2, 0.25) is 0 Å². The lowest BCUT2D eigenvalue weighted by Gasteiger charge is -2.47. The van der Waals surface area contributed by atoms with Crippen LogP contribution in [0.25, 0.3) is 0 Å². The van der Waals surface area contributed by atoms with Crippen LogP contribution in [-0.4, -0.2) is 75.2 Å². The summed E-state index contributed by atoms with van der Waals surface area (Å²) in [6.45, 7) is 5.58. The Hall–Kier alpha value is -3.42. The fraction of sp³-hybridized carbons (Fsp3) is 0.560. The highest BCUT2D eigenvalue weighted by atomic mass is 32.2. The SMILES string of the molecule is CC(C)(C)OC(=O)N(C[C@H]1CN(c2cc(F)c(N3CCC4(CC3)CS(=O)(=O)C4)c(F)c2)C(=O)O1)c1ccon1. The molecule has 0 bridgehead atoms. The molecule has 11 nitrogen and oxygen atoms in total. The van der Waals surface area contributed by atoms with Crippen molar-refractivity contribution in [1.29, 1.82) is 0 Å². The van der Waals surface area contributed by atoms with Gasteiger partial charge in [-0.1, -0.05) is 5.16 Å². The molecule has 0 N–H and O–H groups in total. The number of carbonyl (C=O) groups excluding carboxylic acids is 2. The molecule has 1 spiro atoms. The van der Waals surface area contributed by atoms with Gasteiger partial charge in [-0.05, 0) is 33.6 Å². The number of cyclic esters (lactones) is 1. The molecule has 3 fully saturated rings. The van der Waals surface area contributed by atoms with Gasteiger partial charge in [0, 0.05) is 36.7 Å². The molecule has 2 amide bonds. The molecule has 3 aliphatic rings. The second kappa shape index (κ2) is 9.65. The minimum Gasteiger partial charge on any atom is -0.443 e. The van der Waals surface area contributed by atoms with Gasteiger partial charge in [0.15, 0.2) is 27.3 Å². The number of piperidine rings is 1. The second-order valence-electron chi connectivity index (χ2n) is 11.3. The van der Waals surface area contributed by atoms with E-state index < -0.39 is 45.4 Å². The first kappa shape index (κ1) is 27.2. The lowest BCUT2D eigenvalue weighted by molar-refractivity contribution is 0.0556. The van der Waals surface area contributed by atoms with E-state index in [0.29, 0.717) is 25.9 Å². The molecule has 4 heterocycles. The number of anilines is 3. The molecule has 0 aliphatic carbocycles. The van der Waals surface area contributed by atoms with E-state index in [0.717, 1.165) is 21.9 Å². The molecule has 212 valence electrons. The maximum atomic E-state index is 15.2. The minimum absolute atomic E-state index is 0.0231.